The van der Waals surface area contributed by atoms with Gasteiger partial charge in [0.05, 0.1) is 0 Å². The lowest BCUT2D eigenvalue weighted by atomic mass is 9.74. The fraction of sp³-hybridized carbons (Fsp3) is 0.556. The summed E-state index contributed by atoms with van der Waals surface area (Å²) in [6, 6.07) is 7.66. The summed E-state index contributed by atoms with van der Waals surface area (Å²) in [5.74, 6) is 1.59. The highest BCUT2D eigenvalue weighted by atomic mass is 15.1. The number of aromatic amines is 1. The second-order valence-electron chi connectivity index (χ2n) is 7.06. The molecule has 2 heterocycles. The lowest BCUT2D eigenvalue weighted by Gasteiger charge is -2.42. The molecule has 2 fully saturated rings. The van der Waals surface area contributed by atoms with Gasteiger partial charge in [0.2, 0.25) is 0 Å². The third-order valence-electron chi connectivity index (χ3n) is 5.85. The summed E-state index contributed by atoms with van der Waals surface area (Å²) in [5, 5.41) is 1.59. The van der Waals surface area contributed by atoms with E-state index < -0.39 is 0 Å². The molecule has 0 spiro atoms. The Morgan fingerprint density at radius 2 is 2.10 bits per heavy atom. The second kappa shape index (κ2) is 3.88. The molecule has 1 aromatic heterocycles. The van der Waals surface area contributed by atoms with Crippen LogP contribution in [-0.2, 0) is 6.42 Å². The van der Waals surface area contributed by atoms with Crippen molar-refractivity contribution in [3.63, 3.8) is 0 Å². The van der Waals surface area contributed by atoms with Crippen LogP contribution < -0.4 is 0 Å². The van der Waals surface area contributed by atoms with Gasteiger partial charge in [-0.2, -0.15) is 0 Å². The Kier molecular flexibility index (Phi) is 2.21. The average molecular weight is 266 g/mol. The van der Waals surface area contributed by atoms with Crippen molar-refractivity contribution in [1.29, 1.82) is 0 Å². The number of hydrogen-bond acceptors (Lipinski definition) is 1. The average Bonchev–Trinajstić information content (AvgIpc) is 3.24. The molecule has 2 aromatic rings. The van der Waals surface area contributed by atoms with Crippen LogP contribution in [-0.4, -0.2) is 29.5 Å². The van der Waals surface area contributed by atoms with Crippen molar-refractivity contribution in [3.8, 4) is 0 Å². The van der Waals surface area contributed by atoms with Crippen LogP contribution in [0.5, 0.6) is 0 Å². The Labute approximate surface area is 120 Å². The predicted octanol–water partition coefficient (Wildman–Crippen LogP) is 3.78. The van der Waals surface area contributed by atoms with Crippen molar-refractivity contribution in [2.45, 2.75) is 50.0 Å². The minimum absolute atomic E-state index is 0.732. The van der Waals surface area contributed by atoms with Gasteiger partial charge in [-0.3, -0.25) is 0 Å². The number of nitrogens with one attached hydrogen (secondary N) is 1. The molecule has 3 aliphatic rings. The maximum Gasteiger partial charge on any atom is 0.0461 e. The van der Waals surface area contributed by atoms with E-state index in [-0.39, 0.29) is 0 Å². The van der Waals surface area contributed by atoms with E-state index in [4.69, 9.17) is 0 Å². The molecule has 2 aliphatic carbocycles. The van der Waals surface area contributed by atoms with E-state index in [2.05, 4.69) is 35.1 Å². The molecule has 2 atom stereocenters. The summed E-state index contributed by atoms with van der Waals surface area (Å²) < 4.78 is 0. The SMILES string of the molecule is CN1CCC[C@@H]2c3cccc4[nH]c(C5CC5)c(c34)C[C@H]21. The van der Waals surface area contributed by atoms with E-state index in [1.54, 1.807) is 22.2 Å². The van der Waals surface area contributed by atoms with E-state index in [1.165, 1.54) is 44.2 Å². The molecule has 1 aliphatic heterocycles. The lowest BCUT2D eigenvalue weighted by Crippen LogP contribution is -2.44. The van der Waals surface area contributed by atoms with Gasteiger partial charge in [-0.1, -0.05) is 12.1 Å². The zero-order valence-electron chi connectivity index (χ0n) is 12.2. The van der Waals surface area contributed by atoms with Crippen LogP contribution >= 0.6 is 0 Å². The van der Waals surface area contributed by atoms with Crippen LogP contribution in [0.25, 0.3) is 10.9 Å². The molecule has 1 saturated heterocycles. The molecule has 1 aromatic carbocycles. The highest BCUT2D eigenvalue weighted by Gasteiger charge is 2.39. The minimum atomic E-state index is 0.732. The quantitative estimate of drug-likeness (QED) is 0.832. The van der Waals surface area contributed by atoms with Crippen molar-refractivity contribution in [1.82, 2.24) is 9.88 Å². The zero-order valence-corrected chi connectivity index (χ0v) is 12.2. The number of nitrogens with zero attached hydrogens (tertiary/aromatic N) is 1. The van der Waals surface area contributed by atoms with Crippen molar-refractivity contribution in [3.05, 3.63) is 35.0 Å². The molecule has 0 unspecified atom stereocenters. The number of likely N-dealkylation sites (tertiary alicyclic amines) is 1. The molecular formula is C18H22N2. The van der Waals surface area contributed by atoms with Crippen LogP contribution in [0.3, 0.4) is 0 Å². The molecule has 0 bridgehead atoms. The van der Waals surface area contributed by atoms with E-state index in [0.29, 0.717) is 0 Å². The van der Waals surface area contributed by atoms with Gasteiger partial charge in [0.1, 0.15) is 0 Å². The molecule has 2 heteroatoms. The van der Waals surface area contributed by atoms with Gasteiger partial charge in [-0.05, 0) is 68.8 Å². The molecule has 20 heavy (non-hydrogen) atoms. The van der Waals surface area contributed by atoms with Gasteiger partial charge in [0, 0.05) is 28.6 Å². The number of aromatic nitrogens is 1. The van der Waals surface area contributed by atoms with Gasteiger partial charge in [-0.25, -0.2) is 0 Å². The summed E-state index contributed by atoms with van der Waals surface area (Å²) in [6.45, 7) is 1.27. The molecule has 0 radical (unpaired) electrons. The lowest BCUT2D eigenvalue weighted by molar-refractivity contribution is 0.157. The smallest absolute Gasteiger partial charge is 0.0461 e. The monoisotopic (exact) mass is 266 g/mol. The largest absolute Gasteiger partial charge is 0.358 e. The summed E-state index contributed by atoms with van der Waals surface area (Å²) in [4.78, 5) is 6.37. The Bertz CT molecular complexity index is 680. The van der Waals surface area contributed by atoms with E-state index in [9.17, 15) is 0 Å². The number of fused-ring (bicyclic) bond motifs is 2. The highest BCUT2D eigenvalue weighted by Crippen LogP contribution is 2.49. The van der Waals surface area contributed by atoms with Crippen LogP contribution in [0.1, 0.15) is 54.3 Å². The first-order chi connectivity index (χ1) is 9.83. The number of piperidine rings is 1. The third-order valence-corrected chi connectivity index (χ3v) is 5.85. The van der Waals surface area contributed by atoms with Crippen molar-refractivity contribution in [2.24, 2.45) is 0 Å². The van der Waals surface area contributed by atoms with E-state index >= 15 is 0 Å². The molecule has 1 saturated carbocycles. The number of H-pyrrole nitrogens is 1. The Morgan fingerprint density at radius 1 is 1.20 bits per heavy atom. The van der Waals surface area contributed by atoms with Gasteiger partial charge in [0.15, 0.2) is 0 Å². The molecule has 2 nitrogen and oxygen atoms in total. The molecule has 1 N–H and O–H groups in total. The first kappa shape index (κ1) is 11.4. The maximum absolute atomic E-state index is 3.76. The van der Waals surface area contributed by atoms with Gasteiger partial charge < -0.3 is 9.88 Å². The van der Waals surface area contributed by atoms with Crippen LogP contribution in [0.4, 0.5) is 0 Å². The number of hydrogen-bond donors (Lipinski definition) is 1. The third kappa shape index (κ3) is 1.43. The van der Waals surface area contributed by atoms with Gasteiger partial charge in [0.25, 0.3) is 0 Å². The van der Waals surface area contributed by atoms with E-state index in [1.807, 2.05) is 0 Å². The topological polar surface area (TPSA) is 19.0 Å². The number of benzene rings is 1. The molecule has 104 valence electrons. The standard InChI is InChI=1S/C18H22N2/c1-20-9-3-5-12-13-4-2-6-15-17(13)14(10-16(12)20)18(19-15)11-7-8-11/h2,4,6,11-12,16,19H,3,5,7-10H2,1H3/t12-,16-/m1/s1. The molecular weight excluding hydrogens is 244 g/mol. The van der Waals surface area contributed by atoms with Gasteiger partial charge >= 0.3 is 0 Å². The zero-order chi connectivity index (χ0) is 13.3. The first-order valence-electron chi connectivity index (χ1n) is 8.16. The number of likely N-dealkylation sites (N-methyl/N-ethyl adjacent to an activating group) is 1. The number of rotatable bonds is 1. The summed E-state index contributed by atoms with van der Waals surface area (Å²) in [7, 11) is 2.32. The maximum atomic E-state index is 3.76. The Hall–Kier alpha value is -1.28. The molecule has 5 rings (SSSR count). The fourth-order valence-electron chi connectivity index (χ4n) is 4.70. The van der Waals surface area contributed by atoms with Crippen LogP contribution in [0.2, 0.25) is 0 Å². The van der Waals surface area contributed by atoms with Crippen molar-refractivity contribution >= 4 is 10.9 Å². The Balaban J connectivity index is 1.76. The van der Waals surface area contributed by atoms with Crippen LogP contribution in [0, 0.1) is 0 Å². The van der Waals surface area contributed by atoms with Gasteiger partial charge in [-0.15, -0.1) is 0 Å². The predicted molar refractivity (Wildman–Crippen MR) is 82.4 cm³/mol. The molecule has 0 amide bonds. The fourth-order valence-corrected chi connectivity index (χ4v) is 4.70. The summed E-state index contributed by atoms with van der Waals surface area (Å²) in [5.41, 5.74) is 6.26. The minimum Gasteiger partial charge on any atom is -0.358 e. The highest BCUT2D eigenvalue weighted by molar-refractivity contribution is 5.90. The normalized spacial score (nSPS) is 29.6. The van der Waals surface area contributed by atoms with Crippen molar-refractivity contribution in [2.75, 3.05) is 13.6 Å². The summed E-state index contributed by atoms with van der Waals surface area (Å²) in [6.07, 6.45) is 6.77. The van der Waals surface area contributed by atoms with Crippen LogP contribution in [0.15, 0.2) is 18.2 Å². The second-order valence-corrected chi connectivity index (χ2v) is 7.06. The van der Waals surface area contributed by atoms with Crippen molar-refractivity contribution < 1.29 is 0 Å². The van der Waals surface area contributed by atoms with E-state index in [0.717, 1.165) is 17.9 Å². The summed E-state index contributed by atoms with van der Waals surface area (Å²) >= 11 is 0. The first-order valence-corrected chi connectivity index (χ1v) is 8.16. The Morgan fingerprint density at radius 3 is 2.95 bits per heavy atom.